The maximum absolute atomic E-state index is 5.81. The Morgan fingerprint density at radius 1 is 1.27 bits per heavy atom. The van der Waals surface area contributed by atoms with Crippen LogP contribution in [0.2, 0.25) is 0 Å². The summed E-state index contributed by atoms with van der Waals surface area (Å²) in [6.07, 6.45) is 8.36. The molecular formula is C13H15NO. The van der Waals surface area contributed by atoms with Gasteiger partial charge in [-0.2, -0.15) is 0 Å². The summed E-state index contributed by atoms with van der Waals surface area (Å²) < 4.78 is 5.69. The summed E-state index contributed by atoms with van der Waals surface area (Å²) in [7, 11) is 0. The van der Waals surface area contributed by atoms with E-state index in [-0.39, 0.29) is 0 Å². The summed E-state index contributed by atoms with van der Waals surface area (Å²) in [4.78, 5) is 0. The van der Waals surface area contributed by atoms with Crippen LogP contribution >= 0.6 is 0 Å². The molecule has 15 heavy (non-hydrogen) atoms. The lowest BCUT2D eigenvalue weighted by atomic mass is 10.1. The average molecular weight is 201 g/mol. The largest absolute Gasteiger partial charge is 0.458 e. The molecule has 0 fully saturated rings. The van der Waals surface area contributed by atoms with Crippen LogP contribution in [0.25, 0.3) is 0 Å². The Kier molecular flexibility index (Phi) is 2.77. The summed E-state index contributed by atoms with van der Waals surface area (Å²) in [5.41, 5.74) is 7.66. The predicted octanol–water partition coefficient (Wildman–Crippen LogP) is 3.19. The Balaban J connectivity index is 2.14. The first-order chi connectivity index (χ1) is 7.25. The molecule has 0 bridgehead atoms. The van der Waals surface area contributed by atoms with E-state index >= 15 is 0 Å². The standard InChI is InChI=1S/C13H15NO/c1-10-7-8-12(9-13(10)14)15-11-5-3-2-4-6-11/h3,5-9H,2,4,14H2,1H3. The molecule has 2 nitrogen and oxygen atoms in total. The van der Waals surface area contributed by atoms with Crippen LogP contribution in [0.4, 0.5) is 5.69 Å². The molecule has 0 aromatic heterocycles. The maximum Gasteiger partial charge on any atom is 0.129 e. The summed E-state index contributed by atoms with van der Waals surface area (Å²) in [6.45, 7) is 1.99. The normalized spacial score (nSPS) is 14.9. The number of hydrogen-bond acceptors (Lipinski definition) is 2. The average Bonchev–Trinajstić information content (AvgIpc) is 2.25. The molecule has 1 aromatic rings. The number of ether oxygens (including phenoxy) is 1. The van der Waals surface area contributed by atoms with Crippen molar-refractivity contribution in [2.75, 3.05) is 5.73 Å². The van der Waals surface area contributed by atoms with Gasteiger partial charge in [-0.15, -0.1) is 0 Å². The van der Waals surface area contributed by atoms with Gasteiger partial charge in [0, 0.05) is 11.8 Å². The summed E-state index contributed by atoms with van der Waals surface area (Å²) >= 11 is 0. The number of nitrogen functional groups attached to an aromatic ring is 1. The van der Waals surface area contributed by atoms with E-state index < -0.39 is 0 Å². The monoisotopic (exact) mass is 201 g/mol. The van der Waals surface area contributed by atoms with Gasteiger partial charge in [-0.25, -0.2) is 0 Å². The second-order valence-electron chi connectivity index (χ2n) is 3.71. The SMILES string of the molecule is Cc1ccc(OC2=CCCC=C2)cc1N. The Bertz CT molecular complexity index is 419. The van der Waals surface area contributed by atoms with Crippen molar-refractivity contribution in [3.05, 3.63) is 47.7 Å². The second-order valence-corrected chi connectivity index (χ2v) is 3.71. The smallest absolute Gasteiger partial charge is 0.129 e. The molecule has 1 aliphatic rings. The molecule has 0 spiro atoms. The van der Waals surface area contributed by atoms with Gasteiger partial charge in [0.2, 0.25) is 0 Å². The molecule has 78 valence electrons. The minimum atomic E-state index is 0.771. The highest BCUT2D eigenvalue weighted by molar-refractivity contribution is 5.51. The number of hydrogen-bond donors (Lipinski definition) is 1. The molecule has 0 saturated heterocycles. The van der Waals surface area contributed by atoms with Gasteiger partial charge in [0.15, 0.2) is 0 Å². The van der Waals surface area contributed by atoms with Crippen molar-refractivity contribution in [3.63, 3.8) is 0 Å². The van der Waals surface area contributed by atoms with Crippen LogP contribution < -0.4 is 10.5 Å². The van der Waals surface area contributed by atoms with Gasteiger partial charge in [-0.3, -0.25) is 0 Å². The van der Waals surface area contributed by atoms with Crippen LogP contribution in [0.3, 0.4) is 0 Å². The van der Waals surface area contributed by atoms with Crippen molar-refractivity contribution in [3.8, 4) is 5.75 Å². The van der Waals surface area contributed by atoms with Gasteiger partial charge >= 0.3 is 0 Å². The Morgan fingerprint density at radius 2 is 2.13 bits per heavy atom. The lowest BCUT2D eigenvalue weighted by Crippen LogP contribution is -1.97. The highest BCUT2D eigenvalue weighted by Gasteiger charge is 2.02. The topological polar surface area (TPSA) is 35.2 Å². The van der Waals surface area contributed by atoms with Crippen LogP contribution in [-0.2, 0) is 0 Å². The fraction of sp³-hybridized carbons (Fsp3) is 0.231. The zero-order chi connectivity index (χ0) is 10.7. The van der Waals surface area contributed by atoms with Gasteiger partial charge in [-0.05, 0) is 43.5 Å². The minimum absolute atomic E-state index is 0.771. The van der Waals surface area contributed by atoms with Crippen LogP contribution in [0, 0.1) is 6.92 Å². The summed E-state index contributed by atoms with van der Waals surface area (Å²) in [5.74, 6) is 1.71. The quantitative estimate of drug-likeness (QED) is 0.746. The van der Waals surface area contributed by atoms with Crippen LogP contribution in [-0.4, -0.2) is 0 Å². The summed E-state index contributed by atoms with van der Waals surface area (Å²) in [6, 6.07) is 5.77. The van der Waals surface area contributed by atoms with Crippen molar-refractivity contribution in [2.45, 2.75) is 19.8 Å². The van der Waals surface area contributed by atoms with Crippen LogP contribution in [0.15, 0.2) is 42.2 Å². The number of nitrogens with two attached hydrogens (primary N) is 1. The van der Waals surface area contributed by atoms with E-state index in [1.54, 1.807) is 0 Å². The first-order valence-corrected chi connectivity index (χ1v) is 5.16. The molecule has 0 aliphatic heterocycles. The third-order valence-electron chi connectivity index (χ3n) is 2.45. The third-order valence-corrected chi connectivity index (χ3v) is 2.45. The zero-order valence-electron chi connectivity index (χ0n) is 8.86. The van der Waals surface area contributed by atoms with E-state index in [0.29, 0.717) is 0 Å². The maximum atomic E-state index is 5.81. The van der Waals surface area contributed by atoms with E-state index in [1.165, 1.54) is 0 Å². The molecule has 0 unspecified atom stereocenters. The van der Waals surface area contributed by atoms with Crippen molar-refractivity contribution < 1.29 is 4.74 Å². The molecule has 2 rings (SSSR count). The fourth-order valence-corrected chi connectivity index (χ4v) is 1.48. The lowest BCUT2D eigenvalue weighted by Gasteiger charge is -2.10. The highest BCUT2D eigenvalue weighted by Crippen LogP contribution is 2.22. The number of aryl methyl sites for hydroxylation is 1. The fourth-order valence-electron chi connectivity index (χ4n) is 1.48. The van der Waals surface area contributed by atoms with Crippen molar-refractivity contribution in [1.29, 1.82) is 0 Å². The molecular weight excluding hydrogens is 186 g/mol. The molecule has 0 radical (unpaired) electrons. The van der Waals surface area contributed by atoms with Gasteiger partial charge in [0.25, 0.3) is 0 Å². The van der Waals surface area contributed by atoms with E-state index in [1.807, 2.05) is 31.2 Å². The van der Waals surface area contributed by atoms with E-state index in [2.05, 4.69) is 12.2 Å². The van der Waals surface area contributed by atoms with Crippen molar-refractivity contribution in [1.82, 2.24) is 0 Å². The van der Waals surface area contributed by atoms with Gasteiger partial charge in [0.1, 0.15) is 11.5 Å². The van der Waals surface area contributed by atoms with Gasteiger partial charge in [-0.1, -0.05) is 12.1 Å². The van der Waals surface area contributed by atoms with E-state index in [9.17, 15) is 0 Å². The Morgan fingerprint density at radius 3 is 2.80 bits per heavy atom. The minimum Gasteiger partial charge on any atom is -0.458 e. The third kappa shape index (κ3) is 2.40. The molecule has 2 N–H and O–H groups in total. The lowest BCUT2D eigenvalue weighted by molar-refractivity contribution is 0.439. The molecule has 0 heterocycles. The van der Waals surface area contributed by atoms with Crippen LogP contribution in [0.1, 0.15) is 18.4 Å². The first-order valence-electron chi connectivity index (χ1n) is 5.16. The number of anilines is 1. The predicted molar refractivity (Wildman–Crippen MR) is 62.7 cm³/mol. The zero-order valence-corrected chi connectivity index (χ0v) is 8.86. The number of allylic oxidation sites excluding steroid dienone is 3. The second kappa shape index (κ2) is 4.22. The Hall–Kier alpha value is -1.70. The van der Waals surface area contributed by atoms with E-state index in [0.717, 1.165) is 35.6 Å². The molecule has 2 heteroatoms. The van der Waals surface area contributed by atoms with Crippen LogP contribution in [0.5, 0.6) is 5.75 Å². The molecule has 1 aromatic carbocycles. The summed E-state index contributed by atoms with van der Waals surface area (Å²) in [5, 5.41) is 0. The van der Waals surface area contributed by atoms with E-state index in [4.69, 9.17) is 10.5 Å². The highest BCUT2D eigenvalue weighted by atomic mass is 16.5. The molecule has 0 atom stereocenters. The number of rotatable bonds is 2. The molecule has 0 saturated carbocycles. The van der Waals surface area contributed by atoms with Gasteiger partial charge < -0.3 is 10.5 Å². The van der Waals surface area contributed by atoms with Crippen molar-refractivity contribution in [2.24, 2.45) is 0 Å². The van der Waals surface area contributed by atoms with Gasteiger partial charge in [0.05, 0.1) is 0 Å². The first kappa shape index (κ1) is 9.84. The Labute approximate surface area is 90.1 Å². The van der Waals surface area contributed by atoms with Crippen molar-refractivity contribution >= 4 is 5.69 Å². The number of benzene rings is 1. The molecule has 1 aliphatic carbocycles. The molecule has 0 amide bonds.